The Balaban J connectivity index is 2.40. The molecule has 0 aromatic carbocycles. The summed E-state index contributed by atoms with van der Waals surface area (Å²) >= 11 is 0. The lowest BCUT2D eigenvalue weighted by molar-refractivity contribution is -0.122. The van der Waals surface area contributed by atoms with Gasteiger partial charge in [0.05, 0.1) is 6.04 Å². The molecule has 4 nitrogen and oxygen atoms in total. The SMILES string of the molecule is CC(C)(C)[C@H](NCC1CCNCC1)C(N)=O. The van der Waals surface area contributed by atoms with Crippen LogP contribution in [0.4, 0.5) is 0 Å². The molecule has 1 rings (SSSR count). The number of primary amides is 1. The van der Waals surface area contributed by atoms with Crippen molar-refractivity contribution in [1.82, 2.24) is 10.6 Å². The fourth-order valence-corrected chi connectivity index (χ4v) is 2.20. The van der Waals surface area contributed by atoms with Crippen LogP contribution in [0.15, 0.2) is 0 Å². The van der Waals surface area contributed by atoms with Crippen molar-refractivity contribution < 1.29 is 4.79 Å². The number of rotatable bonds is 4. The monoisotopic (exact) mass is 227 g/mol. The van der Waals surface area contributed by atoms with Gasteiger partial charge in [0.1, 0.15) is 0 Å². The topological polar surface area (TPSA) is 67.2 Å². The van der Waals surface area contributed by atoms with E-state index in [1.807, 2.05) is 20.8 Å². The van der Waals surface area contributed by atoms with E-state index in [0.29, 0.717) is 5.92 Å². The second kappa shape index (κ2) is 5.64. The molecule has 0 aromatic heterocycles. The lowest BCUT2D eigenvalue weighted by atomic mass is 9.85. The number of carbonyl (C=O) groups is 1. The maximum absolute atomic E-state index is 11.4. The maximum atomic E-state index is 11.4. The number of piperidine rings is 1. The zero-order valence-corrected chi connectivity index (χ0v) is 10.7. The molecule has 0 unspecified atom stereocenters. The standard InChI is InChI=1S/C12H25N3O/c1-12(2,3)10(11(13)16)15-8-9-4-6-14-7-5-9/h9-10,14-15H,4-8H2,1-3H3,(H2,13,16)/t10-/m1/s1. The smallest absolute Gasteiger partial charge is 0.235 e. The highest BCUT2D eigenvalue weighted by Crippen LogP contribution is 2.20. The van der Waals surface area contributed by atoms with E-state index in [2.05, 4.69) is 10.6 Å². The molecule has 0 aliphatic carbocycles. The summed E-state index contributed by atoms with van der Waals surface area (Å²) in [7, 11) is 0. The summed E-state index contributed by atoms with van der Waals surface area (Å²) in [5.74, 6) is 0.423. The molecule has 1 aliphatic rings. The number of amides is 1. The molecule has 1 fully saturated rings. The highest BCUT2D eigenvalue weighted by Gasteiger charge is 2.29. The number of carbonyl (C=O) groups excluding carboxylic acids is 1. The number of nitrogens with two attached hydrogens (primary N) is 1. The van der Waals surface area contributed by atoms with E-state index in [9.17, 15) is 4.79 Å². The third-order valence-corrected chi connectivity index (χ3v) is 3.22. The average Bonchev–Trinajstić information content (AvgIpc) is 2.17. The first-order chi connectivity index (χ1) is 7.41. The fourth-order valence-electron chi connectivity index (χ4n) is 2.20. The van der Waals surface area contributed by atoms with Crippen LogP contribution in [-0.2, 0) is 4.79 Å². The quantitative estimate of drug-likeness (QED) is 0.654. The maximum Gasteiger partial charge on any atom is 0.235 e. The van der Waals surface area contributed by atoms with Crippen LogP contribution in [0.25, 0.3) is 0 Å². The van der Waals surface area contributed by atoms with E-state index in [1.54, 1.807) is 0 Å². The van der Waals surface area contributed by atoms with E-state index < -0.39 is 0 Å². The summed E-state index contributed by atoms with van der Waals surface area (Å²) in [6, 6.07) is -0.234. The molecule has 94 valence electrons. The largest absolute Gasteiger partial charge is 0.368 e. The van der Waals surface area contributed by atoms with Crippen LogP contribution in [0.3, 0.4) is 0 Å². The summed E-state index contributed by atoms with van der Waals surface area (Å²) in [6.07, 6.45) is 2.37. The Kier molecular flexibility index (Phi) is 4.74. The first kappa shape index (κ1) is 13.5. The van der Waals surface area contributed by atoms with Crippen LogP contribution in [0.2, 0.25) is 0 Å². The van der Waals surface area contributed by atoms with E-state index >= 15 is 0 Å². The molecular weight excluding hydrogens is 202 g/mol. The van der Waals surface area contributed by atoms with Gasteiger partial charge in [0.15, 0.2) is 0 Å². The van der Waals surface area contributed by atoms with Crippen molar-refractivity contribution in [3.8, 4) is 0 Å². The average molecular weight is 227 g/mol. The highest BCUT2D eigenvalue weighted by molar-refractivity contribution is 5.80. The zero-order chi connectivity index (χ0) is 12.2. The molecule has 4 N–H and O–H groups in total. The van der Waals surface area contributed by atoms with Crippen LogP contribution in [-0.4, -0.2) is 31.6 Å². The minimum atomic E-state index is -0.249. The summed E-state index contributed by atoms with van der Waals surface area (Å²) in [4.78, 5) is 11.4. The predicted molar refractivity (Wildman–Crippen MR) is 66.0 cm³/mol. The van der Waals surface area contributed by atoms with Crippen molar-refractivity contribution in [3.05, 3.63) is 0 Å². The lowest BCUT2D eigenvalue weighted by Gasteiger charge is -2.31. The normalized spacial score (nSPS) is 20.7. The van der Waals surface area contributed by atoms with Gasteiger partial charge in [-0.05, 0) is 43.8 Å². The van der Waals surface area contributed by atoms with E-state index in [0.717, 1.165) is 19.6 Å². The minimum absolute atomic E-state index is 0.112. The van der Waals surface area contributed by atoms with Gasteiger partial charge < -0.3 is 16.4 Å². The van der Waals surface area contributed by atoms with Gasteiger partial charge in [0.2, 0.25) is 5.91 Å². The van der Waals surface area contributed by atoms with Crippen molar-refractivity contribution >= 4 is 5.91 Å². The van der Waals surface area contributed by atoms with Gasteiger partial charge in [-0.1, -0.05) is 20.8 Å². The van der Waals surface area contributed by atoms with Gasteiger partial charge in [-0.3, -0.25) is 4.79 Å². The third-order valence-electron chi connectivity index (χ3n) is 3.22. The minimum Gasteiger partial charge on any atom is -0.368 e. The molecule has 1 atom stereocenters. The Labute approximate surface area is 98.3 Å². The summed E-state index contributed by atoms with van der Waals surface area (Å²) in [5.41, 5.74) is 5.31. The van der Waals surface area contributed by atoms with E-state index in [-0.39, 0.29) is 17.4 Å². The van der Waals surface area contributed by atoms with Gasteiger partial charge in [-0.15, -0.1) is 0 Å². The molecule has 1 saturated heterocycles. The summed E-state index contributed by atoms with van der Waals surface area (Å²) in [5, 5.41) is 6.66. The van der Waals surface area contributed by atoms with Crippen molar-refractivity contribution in [2.24, 2.45) is 17.1 Å². The Hall–Kier alpha value is -0.610. The molecule has 0 bridgehead atoms. The first-order valence-corrected chi connectivity index (χ1v) is 6.14. The molecule has 0 radical (unpaired) electrons. The van der Waals surface area contributed by atoms with Gasteiger partial charge in [-0.2, -0.15) is 0 Å². The summed E-state index contributed by atoms with van der Waals surface area (Å²) < 4.78 is 0. The third kappa shape index (κ3) is 4.10. The Morgan fingerprint density at radius 3 is 2.44 bits per heavy atom. The van der Waals surface area contributed by atoms with Crippen molar-refractivity contribution in [1.29, 1.82) is 0 Å². The lowest BCUT2D eigenvalue weighted by Crippen LogP contribution is -2.51. The van der Waals surface area contributed by atoms with Gasteiger partial charge in [-0.25, -0.2) is 0 Å². The first-order valence-electron chi connectivity index (χ1n) is 6.14. The van der Waals surface area contributed by atoms with Crippen molar-refractivity contribution in [2.45, 2.75) is 39.7 Å². The van der Waals surface area contributed by atoms with E-state index in [1.165, 1.54) is 12.8 Å². The van der Waals surface area contributed by atoms with Crippen LogP contribution in [0.5, 0.6) is 0 Å². The Morgan fingerprint density at radius 2 is 2.00 bits per heavy atom. The summed E-state index contributed by atoms with van der Waals surface area (Å²) in [6.45, 7) is 9.19. The molecule has 1 heterocycles. The van der Waals surface area contributed by atoms with Crippen LogP contribution in [0, 0.1) is 11.3 Å². The van der Waals surface area contributed by atoms with Crippen LogP contribution < -0.4 is 16.4 Å². The highest BCUT2D eigenvalue weighted by atomic mass is 16.1. The Bertz CT molecular complexity index is 229. The van der Waals surface area contributed by atoms with Crippen molar-refractivity contribution in [2.75, 3.05) is 19.6 Å². The molecule has 1 amide bonds. The molecule has 4 heteroatoms. The second-order valence-electron chi connectivity index (χ2n) is 5.80. The molecule has 0 spiro atoms. The number of nitrogens with one attached hydrogen (secondary N) is 2. The van der Waals surface area contributed by atoms with Crippen LogP contribution >= 0.6 is 0 Å². The Morgan fingerprint density at radius 1 is 1.44 bits per heavy atom. The number of hydrogen-bond donors (Lipinski definition) is 3. The molecule has 0 saturated carbocycles. The van der Waals surface area contributed by atoms with Crippen LogP contribution in [0.1, 0.15) is 33.6 Å². The molecule has 0 aromatic rings. The molecular formula is C12H25N3O. The van der Waals surface area contributed by atoms with Crippen molar-refractivity contribution in [3.63, 3.8) is 0 Å². The van der Waals surface area contributed by atoms with Gasteiger partial charge in [0, 0.05) is 0 Å². The van der Waals surface area contributed by atoms with Gasteiger partial charge in [0.25, 0.3) is 0 Å². The fraction of sp³-hybridized carbons (Fsp3) is 0.917. The second-order valence-corrected chi connectivity index (χ2v) is 5.80. The predicted octanol–water partition coefficient (Wildman–Crippen LogP) is 0.476. The molecule has 16 heavy (non-hydrogen) atoms. The molecule has 1 aliphatic heterocycles. The van der Waals surface area contributed by atoms with Gasteiger partial charge >= 0.3 is 0 Å². The van der Waals surface area contributed by atoms with E-state index in [4.69, 9.17) is 5.73 Å². The zero-order valence-electron chi connectivity index (χ0n) is 10.7. The number of hydrogen-bond acceptors (Lipinski definition) is 3.